The minimum Gasteiger partial charge on any atom is -0.497 e. The minimum atomic E-state index is -0.388. The summed E-state index contributed by atoms with van der Waals surface area (Å²) >= 11 is 6.64. The van der Waals surface area contributed by atoms with Gasteiger partial charge in [-0.15, -0.1) is 11.3 Å². The first-order valence-corrected chi connectivity index (χ1v) is 9.82. The summed E-state index contributed by atoms with van der Waals surface area (Å²) in [7, 11) is 3.15. The number of thiazole rings is 1. The zero-order valence-corrected chi connectivity index (χ0v) is 17.2. The lowest BCUT2D eigenvalue weighted by Crippen LogP contribution is -2.30. The zero-order chi connectivity index (χ0) is 20.5. The van der Waals surface area contributed by atoms with Gasteiger partial charge in [0.25, 0.3) is 5.91 Å². The Labute approximate surface area is 175 Å². The van der Waals surface area contributed by atoms with Gasteiger partial charge in [0.15, 0.2) is 3.95 Å². The van der Waals surface area contributed by atoms with Crippen LogP contribution in [0.5, 0.6) is 17.4 Å². The number of carbonyl (C=O) groups excluding carboxylic acids is 1. The smallest absolute Gasteiger partial charge is 0.277 e. The number of ether oxygens (including phenoxy) is 2. The highest BCUT2D eigenvalue weighted by Crippen LogP contribution is 2.32. The maximum Gasteiger partial charge on any atom is 0.277 e. The van der Waals surface area contributed by atoms with Crippen molar-refractivity contribution in [3.63, 3.8) is 0 Å². The molecule has 1 aromatic heterocycles. The second-order valence-electron chi connectivity index (χ2n) is 6.17. The number of amides is 1. The quantitative estimate of drug-likeness (QED) is 0.515. The van der Waals surface area contributed by atoms with Crippen LogP contribution in [0, 0.1) is 3.95 Å². The summed E-state index contributed by atoms with van der Waals surface area (Å²) in [5, 5.41) is 12.1. The average Bonchev–Trinajstić information content (AvgIpc) is 3.01. The fourth-order valence-electron chi connectivity index (χ4n) is 2.95. The van der Waals surface area contributed by atoms with E-state index >= 15 is 0 Å². The highest BCUT2D eigenvalue weighted by atomic mass is 32.1. The van der Waals surface area contributed by atoms with Crippen molar-refractivity contribution in [3.05, 3.63) is 67.4 Å². The van der Waals surface area contributed by atoms with Crippen LogP contribution in [0.15, 0.2) is 53.0 Å². The molecular formula is C21H16N2O4S2. The maximum absolute atomic E-state index is 12.5. The van der Waals surface area contributed by atoms with Crippen LogP contribution < -0.4 is 20.0 Å². The van der Waals surface area contributed by atoms with Crippen molar-refractivity contribution in [3.8, 4) is 23.1 Å². The van der Waals surface area contributed by atoms with E-state index in [0.29, 0.717) is 36.9 Å². The average molecular weight is 425 g/mol. The lowest BCUT2D eigenvalue weighted by Gasteiger charge is -2.07. The number of rotatable bonds is 4. The lowest BCUT2D eigenvalue weighted by atomic mass is 10.1. The Hall–Kier alpha value is -3.23. The third-order valence-corrected chi connectivity index (χ3v) is 5.76. The van der Waals surface area contributed by atoms with Gasteiger partial charge in [0.1, 0.15) is 11.5 Å². The van der Waals surface area contributed by atoms with Gasteiger partial charge in [0.2, 0.25) is 5.88 Å². The van der Waals surface area contributed by atoms with Gasteiger partial charge in [-0.3, -0.25) is 9.36 Å². The first-order chi connectivity index (χ1) is 14.0. The van der Waals surface area contributed by atoms with Crippen molar-refractivity contribution in [2.75, 3.05) is 14.2 Å². The number of fused-ring (bicyclic) bond motifs is 1. The van der Waals surface area contributed by atoms with E-state index in [-0.39, 0.29) is 11.8 Å². The molecule has 1 aliphatic heterocycles. The van der Waals surface area contributed by atoms with Crippen LogP contribution in [0.25, 0.3) is 17.8 Å². The molecule has 0 spiro atoms. The molecule has 0 fully saturated rings. The van der Waals surface area contributed by atoms with Gasteiger partial charge in [0.05, 0.1) is 30.1 Å². The Morgan fingerprint density at radius 3 is 2.48 bits per heavy atom. The van der Waals surface area contributed by atoms with Crippen LogP contribution >= 0.6 is 23.6 Å². The molecular weight excluding hydrogens is 408 g/mol. The van der Waals surface area contributed by atoms with Crippen LogP contribution in [0.2, 0.25) is 0 Å². The molecule has 0 atom stereocenters. The molecule has 0 aliphatic carbocycles. The molecule has 1 aliphatic rings. The van der Waals surface area contributed by atoms with Crippen molar-refractivity contribution < 1.29 is 19.4 Å². The zero-order valence-electron chi connectivity index (χ0n) is 15.6. The van der Waals surface area contributed by atoms with Gasteiger partial charge in [-0.2, -0.15) is 0 Å². The molecule has 4 rings (SSSR count). The molecule has 2 aromatic carbocycles. The molecule has 1 N–H and O–H groups in total. The summed E-state index contributed by atoms with van der Waals surface area (Å²) < 4.78 is 12.3. The van der Waals surface area contributed by atoms with Crippen LogP contribution in [-0.2, 0) is 4.79 Å². The predicted octanol–water partition coefficient (Wildman–Crippen LogP) is 3.01. The Bertz CT molecular complexity index is 1320. The number of hydrogen-bond acceptors (Lipinski definition) is 6. The van der Waals surface area contributed by atoms with E-state index < -0.39 is 0 Å². The molecule has 0 bridgehead atoms. The second kappa shape index (κ2) is 7.65. The number of hydrogen-bond donors (Lipinski definition) is 1. The fourth-order valence-corrected chi connectivity index (χ4v) is 4.25. The van der Waals surface area contributed by atoms with Gasteiger partial charge in [-0.05, 0) is 60.8 Å². The molecule has 0 saturated heterocycles. The third kappa shape index (κ3) is 3.59. The number of nitrogens with zero attached hydrogens (tertiary/aromatic N) is 2. The van der Waals surface area contributed by atoms with E-state index in [9.17, 15) is 9.90 Å². The highest BCUT2D eigenvalue weighted by molar-refractivity contribution is 7.73. The monoisotopic (exact) mass is 424 g/mol. The molecule has 0 saturated carbocycles. The van der Waals surface area contributed by atoms with Crippen molar-refractivity contribution in [1.82, 2.24) is 4.57 Å². The van der Waals surface area contributed by atoms with Gasteiger partial charge >= 0.3 is 0 Å². The summed E-state index contributed by atoms with van der Waals surface area (Å²) in [5.41, 5.74) is 1.08. The first-order valence-electron chi connectivity index (χ1n) is 8.60. The molecule has 8 heteroatoms. The SMILES string of the molecule is COc1ccc(-n2c(O)c(/C=C3\C=c4ccc(OC)cc4=NC3=O)sc2=S)cc1. The molecule has 0 unspecified atom stereocenters. The van der Waals surface area contributed by atoms with Crippen LogP contribution in [0.4, 0.5) is 0 Å². The fraction of sp³-hybridized carbons (Fsp3) is 0.0952. The van der Waals surface area contributed by atoms with Gasteiger partial charge in [-0.1, -0.05) is 0 Å². The van der Waals surface area contributed by atoms with Crippen LogP contribution in [-0.4, -0.2) is 29.8 Å². The Balaban J connectivity index is 1.78. The molecule has 1 amide bonds. The number of carbonyl (C=O) groups is 1. The lowest BCUT2D eigenvalue weighted by molar-refractivity contribution is -0.114. The first kappa shape index (κ1) is 19.1. The topological polar surface area (TPSA) is 73.1 Å². The Morgan fingerprint density at radius 1 is 1.10 bits per heavy atom. The van der Waals surface area contributed by atoms with E-state index in [1.165, 1.54) is 11.3 Å². The minimum absolute atomic E-state index is 0.0283. The largest absolute Gasteiger partial charge is 0.497 e. The van der Waals surface area contributed by atoms with E-state index in [1.807, 2.05) is 6.07 Å². The highest BCUT2D eigenvalue weighted by Gasteiger charge is 2.16. The van der Waals surface area contributed by atoms with Gasteiger partial charge in [0, 0.05) is 16.9 Å². The number of methoxy groups -OCH3 is 2. The summed E-state index contributed by atoms with van der Waals surface area (Å²) in [4.78, 5) is 17.1. The predicted molar refractivity (Wildman–Crippen MR) is 114 cm³/mol. The van der Waals surface area contributed by atoms with E-state index in [2.05, 4.69) is 4.99 Å². The summed E-state index contributed by atoms with van der Waals surface area (Å²) in [6.07, 6.45) is 3.35. The summed E-state index contributed by atoms with van der Waals surface area (Å²) in [6.45, 7) is 0. The summed E-state index contributed by atoms with van der Waals surface area (Å²) in [5.74, 6) is 0.921. The van der Waals surface area contributed by atoms with E-state index in [0.717, 1.165) is 5.22 Å². The Morgan fingerprint density at radius 2 is 1.79 bits per heavy atom. The van der Waals surface area contributed by atoms with Crippen LogP contribution in [0.3, 0.4) is 0 Å². The molecule has 3 aromatic rings. The van der Waals surface area contributed by atoms with Gasteiger partial charge < -0.3 is 14.6 Å². The van der Waals surface area contributed by atoms with Crippen molar-refractivity contribution in [2.45, 2.75) is 0 Å². The number of benzene rings is 2. The Kier molecular flexibility index (Phi) is 5.04. The number of aromatic hydroxyl groups is 1. The molecule has 146 valence electrons. The van der Waals surface area contributed by atoms with Gasteiger partial charge in [-0.25, -0.2) is 4.99 Å². The summed E-state index contributed by atoms with van der Waals surface area (Å²) in [6, 6.07) is 12.5. The standard InChI is InChI=1S/C21H16N2O4S2/c1-26-15-7-4-14(5-8-15)23-20(25)18(29-21(23)28)10-13-9-12-3-6-16(27-2)11-17(12)22-19(13)24/h3-11,25H,1-2H3/b13-10+. The van der Waals surface area contributed by atoms with E-state index in [1.54, 1.807) is 67.3 Å². The molecule has 0 radical (unpaired) electrons. The van der Waals surface area contributed by atoms with Crippen molar-refractivity contribution in [1.29, 1.82) is 0 Å². The normalized spacial score (nSPS) is 14.1. The van der Waals surface area contributed by atoms with E-state index in [4.69, 9.17) is 21.7 Å². The van der Waals surface area contributed by atoms with Crippen LogP contribution in [0.1, 0.15) is 4.88 Å². The molecule has 6 nitrogen and oxygen atoms in total. The maximum atomic E-state index is 12.5. The van der Waals surface area contributed by atoms with Crippen molar-refractivity contribution in [2.24, 2.45) is 4.99 Å². The molecule has 2 heterocycles. The number of aromatic nitrogens is 1. The molecule has 29 heavy (non-hydrogen) atoms. The second-order valence-corrected chi connectivity index (χ2v) is 7.85. The third-order valence-electron chi connectivity index (χ3n) is 4.45. The van der Waals surface area contributed by atoms with Crippen molar-refractivity contribution >= 4 is 41.6 Å².